The lowest BCUT2D eigenvalue weighted by atomic mass is 10.1. The van der Waals surface area contributed by atoms with E-state index in [2.05, 4.69) is 5.32 Å². The molecule has 1 heterocycles. The van der Waals surface area contributed by atoms with Gasteiger partial charge in [-0.3, -0.25) is 29.4 Å². The van der Waals surface area contributed by atoms with Crippen LogP contribution in [0.3, 0.4) is 0 Å². The van der Waals surface area contributed by atoms with Gasteiger partial charge in [0.2, 0.25) is 5.91 Å². The lowest BCUT2D eigenvalue weighted by Crippen LogP contribution is -2.36. The number of thioether (sulfide) groups is 1. The van der Waals surface area contributed by atoms with E-state index in [4.69, 9.17) is 9.47 Å². The molecule has 0 saturated carbocycles. The summed E-state index contributed by atoms with van der Waals surface area (Å²) in [5, 5.41) is 13.1. The fourth-order valence-corrected chi connectivity index (χ4v) is 4.40. The summed E-state index contributed by atoms with van der Waals surface area (Å²) in [7, 11) is 0. The molecule has 3 aromatic rings. The molecule has 1 N–H and O–H groups in total. The van der Waals surface area contributed by atoms with Crippen LogP contribution in [0.1, 0.15) is 18.1 Å². The zero-order valence-corrected chi connectivity index (χ0v) is 21.1. The Morgan fingerprint density at radius 3 is 2.55 bits per heavy atom. The highest BCUT2D eigenvalue weighted by molar-refractivity contribution is 8.18. The Labute approximate surface area is 222 Å². The minimum atomic E-state index is -0.588. The number of nitrogens with one attached hydrogen (secondary N) is 1. The van der Waals surface area contributed by atoms with Crippen LogP contribution in [0.25, 0.3) is 6.08 Å². The molecule has 0 spiro atoms. The van der Waals surface area contributed by atoms with Crippen LogP contribution in [0.4, 0.5) is 16.2 Å². The number of carbonyl (C=O) groups excluding carboxylic acids is 3. The van der Waals surface area contributed by atoms with Crippen molar-refractivity contribution in [3.8, 4) is 11.5 Å². The third-order valence-electron chi connectivity index (χ3n) is 5.35. The first-order valence-corrected chi connectivity index (χ1v) is 12.4. The molecule has 0 aliphatic carbocycles. The third-order valence-corrected chi connectivity index (χ3v) is 6.25. The Hall–Kier alpha value is -4.64. The van der Waals surface area contributed by atoms with Crippen molar-refractivity contribution < 1.29 is 28.8 Å². The number of nitrogens with zero attached hydrogens (tertiary/aromatic N) is 2. The fraction of sp³-hybridized carbons (Fsp3) is 0.148. The van der Waals surface area contributed by atoms with Gasteiger partial charge in [-0.25, -0.2) is 0 Å². The Kier molecular flexibility index (Phi) is 8.39. The largest absolute Gasteiger partial charge is 0.494 e. The van der Waals surface area contributed by atoms with Crippen LogP contribution in [0.5, 0.6) is 11.5 Å². The first kappa shape index (κ1) is 26.4. The Morgan fingerprint density at radius 2 is 1.82 bits per heavy atom. The van der Waals surface area contributed by atoms with Crippen molar-refractivity contribution in [2.45, 2.75) is 13.5 Å². The van der Waals surface area contributed by atoms with Gasteiger partial charge >= 0.3 is 0 Å². The molecule has 1 fully saturated rings. The van der Waals surface area contributed by atoms with Gasteiger partial charge in [0.1, 0.15) is 24.7 Å². The number of amides is 3. The SMILES string of the molecule is CCOc1ccc(NC(=O)CN2C(=O)S/C(=C/c3ccccc3OCc3cccc([N+](=O)[O-])c3)C2=O)cc1. The Bertz CT molecular complexity index is 1410. The normalized spacial score (nSPS) is 14.0. The van der Waals surface area contributed by atoms with Crippen LogP contribution < -0.4 is 14.8 Å². The number of nitro groups is 1. The van der Waals surface area contributed by atoms with Gasteiger partial charge in [0.25, 0.3) is 16.8 Å². The highest BCUT2D eigenvalue weighted by atomic mass is 32.2. The first-order valence-electron chi connectivity index (χ1n) is 11.6. The summed E-state index contributed by atoms with van der Waals surface area (Å²) in [6.07, 6.45) is 1.53. The molecule has 10 nitrogen and oxygen atoms in total. The van der Waals surface area contributed by atoms with E-state index in [1.165, 1.54) is 18.2 Å². The number of rotatable bonds is 10. The van der Waals surface area contributed by atoms with E-state index in [1.54, 1.807) is 60.7 Å². The molecule has 3 amide bonds. The fourth-order valence-electron chi connectivity index (χ4n) is 3.57. The average molecular weight is 534 g/mol. The molecular weight excluding hydrogens is 510 g/mol. The van der Waals surface area contributed by atoms with Crippen molar-refractivity contribution in [2.75, 3.05) is 18.5 Å². The van der Waals surface area contributed by atoms with Gasteiger partial charge in [0, 0.05) is 23.4 Å². The molecule has 0 radical (unpaired) electrons. The number of non-ortho nitro benzene ring substituents is 1. The zero-order valence-electron chi connectivity index (χ0n) is 20.3. The van der Waals surface area contributed by atoms with Crippen LogP contribution in [0.2, 0.25) is 0 Å². The summed E-state index contributed by atoms with van der Waals surface area (Å²) in [4.78, 5) is 49.5. The summed E-state index contributed by atoms with van der Waals surface area (Å²) in [5.41, 5.74) is 1.62. The monoisotopic (exact) mass is 533 g/mol. The quantitative estimate of drug-likeness (QED) is 0.213. The summed E-state index contributed by atoms with van der Waals surface area (Å²) < 4.78 is 11.2. The van der Waals surface area contributed by atoms with Crippen LogP contribution in [-0.4, -0.2) is 40.0 Å². The van der Waals surface area contributed by atoms with E-state index in [0.29, 0.717) is 34.9 Å². The van der Waals surface area contributed by atoms with Gasteiger partial charge in [-0.15, -0.1) is 0 Å². The molecule has 38 heavy (non-hydrogen) atoms. The smallest absolute Gasteiger partial charge is 0.294 e. The minimum Gasteiger partial charge on any atom is -0.494 e. The number of para-hydroxylation sites is 1. The van der Waals surface area contributed by atoms with Crippen molar-refractivity contribution in [1.82, 2.24) is 4.90 Å². The lowest BCUT2D eigenvalue weighted by Gasteiger charge is -2.13. The first-order chi connectivity index (χ1) is 18.3. The maximum Gasteiger partial charge on any atom is 0.294 e. The number of benzene rings is 3. The topological polar surface area (TPSA) is 128 Å². The van der Waals surface area contributed by atoms with Gasteiger partial charge in [-0.1, -0.05) is 30.3 Å². The third kappa shape index (κ3) is 6.56. The number of hydrogen-bond donors (Lipinski definition) is 1. The number of carbonyl (C=O) groups is 3. The zero-order chi connectivity index (χ0) is 27.1. The van der Waals surface area contributed by atoms with Gasteiger partial charge in [0.15, 0.2) is 0 Å². The molecule has 0 atom stereocenters. The maximum atomic E-state index is 12.9. The Balaban J connectivity index is 1.42. The predicted octanol–water partition coefficient (Wildman–Crippen LogP) is 5.25. The van der Waals surface area contributed by atoms with E-state index in [1.807, 2.05) is 6.92 Å². The number of imide groups is 1. The lowest BCUT2D eigenvalue weighted by molar-refractivity contribution is -0.384. The van der Waals surface area contributed by atoms with E-state index in [0.717, 1.165) is 16.7 Å². The van der Waals surface area contributed by atoms with Crippen LogP contribution in [0.15, 0.2) is 77.7 Å². The molecule has 1 saturated heterocycles. The maximum absolute atomic E-state index is 12.9. The van der Waals surface area contributed by atoms with E-state index in [9.17, 15) is 24.5 Å². The highest BCUT2D eigenvalue weighted by Gasteiger charge is 2.36. The van der Waals surface area contributed by atoms with Crippen LogP contribution in [-0.2, 0) is 16.2 Å². The molecule has 3 aromatic carbocycles. The standard InChI is InChI=1S/C27H23N3O7S/c1-2-36-22-12-10-20(11-13-22)28-25(31)16-29-26(32)24(38-27(29)33)15-19-7-3-4-9-23(19)37-17-18-6-5-8-21(14-18)30(34)35/h3-15H,2,16-17H2,1H3,(H,28,31)/b24-15+. The Morgan fingerprint density at radius 1 is 1.05 bits per heavy atom. The van der Waals surface area contributed by atoms with Gasteiger partial charge in [0.05, 0.1) is 16.4 Å². The van der Waals surface area contributed by atoms with E-state index >= 15 is 0 Å². The number of anilines is 1. The molecule has 1 aliphatic rings. The number of hydrogen-bond acceptors (Lipinski definition) is 8. The van der Waals surface area contributed by atoms with Gasteiger partial charge in [-0.2, -0.15) is 0 Å². The van der Waals surface area contributed by atoms with Crippen molar-refractivity contribution >= 4 is 46.3 Å². The number of ether oxygens (including phenoxy) is 2. The summed E-state index contributed by atoms with van der Waals surface area (Å²) in [6.45, 7) is 2.03. The molecule has 4 rings (SSSR count). The van der Waals surface area contributed by atoms with Crippen molar-refractivity contribution in [3.05, 3.63) is 98.9 Å². The van der Waals surface area contributed by atoms with E-state index < -0.39 is 28.5 Å². The van der Waals surface area contributed by atoms with E-state index in [-0.39, 0.29) is 17.2 Å². The molecule has 194 valence electrons. The van der Waals surface area contributed by atoms with Crippen molar-refractivity contribution in [1.29, 1.82) is 0 Å². The molecule has 0 unspecified atom stereocenters. The van der Waals surface area contributed by atoms with Gasteiger partial charge in [-0.05, 0) is 60.7 Å². The second-order valence-corrected chi connectivity index (χ2v) is 9.02. The van der Waals surface area contributed by atoms with Crippen LogP contribution in [0, 0.1) is 10.1 Å². The number of nitro benzene ring substituents is 1. The summed E-state index contributed by atoms with van der Waals surface area (Å²) >= 11 is 0.732. The predicted molar refractivity (Wildman–Crippen MR) is 143 cm³/mol. The highest BCUT2D eigenvalue weighted by Crippen LogP contribution is 2.34. The minimum absolute atomic E-state index is 0.0420. The molecular formula is C27H23N3O7S. The molecule has 0 bridgehead atoms. The summed E-state index contributed by atoms with van der Waals surface area (Å²) in [5.74, 6) is -0.0105. The second-order valence-electron chi connectivity index (χ2n) is 8.03. The molecule has 1 aliphatic heterocycles. The molecule has 0 aromatic heterocycles. The molecule has 11 heteroatoms. The van der Waals surface area contributed by atoms with Gasteiger partial charge < -0.3 is 14.8 Å². The van der Waals surface area contributed by atoms with Crippen molar-refractivity contribution in [2.24, 2.45) is 0 Å². The van der Waals surface area contributed by atoms with Crippen LogP contribution >= 0.6 is 11.8 Å². The van der Waals surface area contributed by atoms with Crippen molar-refractivity contribution in [3.63, 3.8) is 0 Å². The summed E-state index contributed by atoms with van der Waals surface area (Å²) in [6, 6.07) is 19.8. The average Bonchev–Trinajstić information content (AvgIpc) is 3.16. The second kappa shape index (κ2) is 12.1.